The zero-order valence-electron chi connectivity index (χ0n) is 12.1. The summed E-state index contributed by atoms with van der Waals surface area (Å²) in [5, 5.41) is 2.64. The third-order valence-electron chi connectivity index (χ3n) is 2.61. The molecule has 1 rings (SSSR count). The summed E-state index contributed by atoms with van der Waals surface area (Å²) < 4.78 is 26.7. The normalized spacial score (nSPS) is 13.2. The highest BCUT2D eigenvalue weighted by Crippen LogP contribution is 2.19. The fraction of sp³-hybridized carbons (Fsp3) is 0.462. The van der Waals surface area contributed by atoms with E-state index in [1.807, 2.05) is 6.92 Å². The van der Waals surface area contributed by atoms with Crippen LogP contribution in [0, 0.1) is 6.92 Å². The highest BCUT2D eigenvalue weighted by Gasteiger charge is 2.23. The zero-order chi connectivity index (χ0) is 15.5. The highest BCUT2D eigenvalue weighted by molar-refractivity contribution is 7.89. The largest absolute Gasteiger partial charge is 0.398 e. The van der Waals surface area contributed by atoms with Gasteiger partial charge in [-0.15, -0.1) is 0 Å². The number of hydrogen-bond acceptors (Lipinski definition) is 4. The highest BCUT2D eigenvalue weighted by atomic mass is 32.2. The number of aryl methyl sites for hydroxylation is 1. The monoisotopic (exact) mass is 299 g/mol. The van der Waals surface area contributed by atoms with Gasteiger partial charge in [-0.1, -0.05) is 6.07 Å². The van der Waals surface area contributed by atoms with Gasteiger partial charge in [-0.05, 0) is 45.4 Å². The Morgan fingerprint density at radius 1 is 1.25 bits per heavy atom. The van der Waals surface area contributed by atoms with Gasteiger partial charge in [-0.2, -0.15) is 4.72 Å². The van der Waals surface area contributed by atoms with E-state index >= 15 is 0 Å². The molecule has 112 valence electrons. The van der Waals surface area contributed by atoms with Crippen molar-refractivity contribution in [1.29, 1.82) is 0 Å². The molecule has 0 aliphatic carbocycles. The molecule has 20 heavy (non-hydrogen) atoms. The van der Waals surface area contributed by atoms with E-state index in [1.165, 1.54) is 13.0 Å². The molecule has 0 radical (unpaired) electrons. The topological polar surface area (TPSA) is 101 Å². The number of carbonyl (C=O) groups is 1. The molecule has 0 aliphatic rings. The van der Waals surface area contributed by atoms with Gasteiger partial charge in [0.25, 0.3) is 0 Å². The summed E-state index contributed by atoms with van der Waals surface area (Å²) >= 11 is 0. The fourth-order valence-corrected chi connectivity index (χ4v) is 2.99. The van der Waals surface area contributed by atoms with Crippen LogP contribution >= 0.6 is 0 Å². The number of nitrogens with two attached hydrogens (primary N) is 1. The van der Waals surface area contributed by atoms with Crippen molar-refractivity contribution in [1.82, 2.24) is 10.0 Å². The maximum atomic E-state index is 12.2. The van der Waals surface area contributed by atoms with E-state index in [0.717, 1.165) is 5.56 Å². The second-order valence-electron chi connectivity index (χ2n) is 5.05. The summed E-state index contributed by atoms with van der Waals surface area (Å²) in [7, 11) is -3.82. The molecule has 0 spiro atoms. The van der Waals surface area contributed by atoms with Crippen LogP contribution in [-0.4, -0.2) is 26.4 Å². The summed E-state index contributed by atoms with van der Waals surface area (Å²) in [6.45, 7) is 6.91. The maximum Gasteiger partial charge on any atom is 0.243 e. The first-order valence-corrected chi connectivity index (χ1v) is 7.80. The number of hydrogen-bond donors (Lipinski definition) is 3. The van der Waals surface area contributed by atoms with Crippen LogP contribution < -0.4 is 15.8 Å². The molecule has 0 saturated carbocycles. The van der Waals surface area contributed by atoms with E-state index in [-0.39, 0.29) is 22.5 Å². The molecular weight excluding hydrogens is 278 g/mol. The first-order chi connectivity index (χ1) is 9.13. The molecular formula is C13H21N3O3S. The van der Waals surface area contributed by atoms with E-state index < -0.39 is 16.1 Å². The smallest absolute Gasteiger partial charge is 0.243 e. The molecule has 1 atom stereocenters. The second-order valence-corrected chi connectivity index (χ2v) is 6.73. The molecule has 1 aromatic carbocycles. The molecule has 0 aliphatic heterocycles. The average molecular weight is 299 g/mol. The van der Waals surface area contributed by atoms with Crippen molar-refractivity contribution in [2.45, 2.75) is 44.7 Å². The van der Waals surface area contributed by atoms with E-state index in [2.05, 4.69) is 10.0 Å². The lowest BCUT2D eigenvalue weighted by atomic mass is 10.2. The van der Waals surface area contributed by atoms with Crippen molar-refractivity contribution in [2.75, 3.05) is 5.73 Å². The number of carbonyl (C=O) groups excluding carboxylic acids is 1. The molecule has 0 aromatic heterocycles. The van der Waals surface area contributed by atoms with Gasteiger partial charge >= 0.3 is 0 Å². The first-order valence-electron chi connectivity index (χ1n) is 6.32. The third kappa shape index (κ3) is 4.21. The summed E-state index contributed by atoms with van der Waals surface area (Å²) in [5.41, 5.74) is 6.75. The van der Waals surface area contributed by atoms with Crippen LogP contribution in [0.1, 0.15) is 26.3 Å². The standard InChI is InChI=1S/C13H21N3O3S/c1-8(2)15-13(17)10(4)16-20(18,19)12-6-5-9(3)7-11(12)14/h5-8,10,16H,14H2,1-4H3,(H,15,17). The Morgan fingerprint density at radius 2 is 1.85 bits per heavy atom. The molecule has 4 N–H and O–H groups in total. The Labute approximate surface area is 119 Å². The third-order valence-corrected chi connectivity index (χ3v) is 4.23. The van der Waals surface area contributed by atoms with Crippen LogP contribution in [0.5, 0.6) is 0 Å². The van der Waals surface area contributed by atoms with Crippen molar-refractivity contribution in [2.24, 2.45) is 0 Å². The first kappa shape index (κ1) is 16.5. The summed E-state index contributed by atoms with van der Waals surface area (Å²) in [6.07, 6.45) is 0. The number of benzene rings is 1. The minimum atomic E-state index is -3.82. The van der Waals surface area contributed by atoms with Crippen molar-refractivity contribution in [3.8, 4) is 0 Å². The molecule has 0 saturated heterocycles. The van der Waals surface area contributed by atoms with E-state index in [1.54, 1.807) is 26.0 Å². The van der Waals surface area contributed by atoms with Gasteiger partial charge in [0.05, 0.1) is 11.7 Å². The number of amides is 1. The number of anilines is 1. The Bertz CT molecular complexity index is 597. The predicted octanol–water partition coefficient (Wildman–Crippen LogP) is 0.769. The van der Waals surface area contributed by atoms with E-state index in [4.69, 9.17) is 5.73 Å². The lowest BCUT2D eigenvalue weighted by molar-refractivity contribution is -0.122. The van der Waals surface area contributed by atoms with E-state index in [9.17, 15) is 13.2 Å². The molecule has 6 nitrogen and oxygen atoms in total. The minimum Gasteiger partial charge on any atom is -0.398 e. The predicted molar refractivity (Wildman–Crippen MR) is 78.7 cm³/mol. The van der Waals surface area contributed by atoms with Crippen LogP contribution in [0.25, 0.3) is 0 Å². The molecule has 7 heteroatoms. The van der Waals surface area contributed by atoms with Gasteiger partial charge in [-0.3, -0.25) is 4.79 Å². The zero-order valence-corrected chi connectivity index (χ0v) is 12.9. The SMILES string of the molecule is Cc1ccc(S(=O)(=O)NC(C)C(=O)NC(C)C)c(N)c1. The van der Waals surface area contributed by atoms with Crippen LogP contribution in [-0.2, 0) is 14.8 Å². The molecule has 1 aromatic rings. The summed E-state index contributed by atoms with van der Waals surface area (Å²) in [4.78, 5) is 11.7. The van der Waals surface area contributed by atoms with Gasteiger partial charge in [0, 0.05) is 6.04 Å². The number of sulfonamides is 1. The van der Waals surface area contributed by atoms with Gasteiger partial charge < -0.3 is 11.1 Å². The summed E-state index contributed by atoms with van der Waals surface area (Å²) in [6, 6.07) is 3.74. The molecule has 1 amide bonds. The van der Waals surface area contributed by atoms with Crippen molar-refractivity contribution in [3.63, 3.8) is 0 Å². The van der Waals surface area contributed by atoms with Crippen LogP contribution in [0.2, 0.25) is 0 Å². The Hall–Kier alpha value is -1.60. The number of nitrogen functional groups attached to an aromatic ring is 1. The average Bonchev–Trinajstić information content (AvgIpc) is 2.26. The summed E-state index contributed by atoms with van der Waals surface area (Å²) in [5.74, 6) is -0.380. The molecule has 0 bridgehead atoms. The van der Waals surface area contributed by atoms with Gasteiger partial charge in [0.1, 0.15) is 4.90 Å². The lowest BCUT2D eigenvalue weighted by Gasteiger charge is -2.17. The van der Waals surface area contributed by atoms with Gasteiger partial charge in [0.2, 0.25) is 15.9 Å². The number of rotatable bonds is 5. The van der Waals surface area contributed by atoms with Crippen LogP contribution in [0.3, 0.4) is 0 Å². The van der Waals surface area contributed by atoms with Crippen molar-refractivity contribution in [3.05, 3.63) is 23.8 Å². The van der Waals surface area contributed by atoms with Crippen molar-refractivity contribution >= 4 is 21.6 Å². The molecule has 0 heterocycles. The minimum absolute atomic E-state index is 0.0210. The molecule has 1 unspecified atom stereocenters. The lowest BCUT2D eigenvalue weighted by Crippen LogP contribution is -2.46. The van der Waals surface area contributed by atoms with E-state index in [0.29, 0.717) is 0 Å². The second kappa shape index (κ2) is 6.23. The quantitative estimate of drug-likeness (QED) is 0.699. The molecule has 0 fully saturated rings. The maximum absolute atomic E-state index is 12.2. The Balaban J connectivity index is 2.92. The fourth-order valence-electron chi connectivity index (χ4n) is 1.67. The Kier molecular flexibility index (Phi) is 5.13. The van der Waals surface area contributed by atoms with Gasteiger partial charge in [-0.25, -0.2) is 8.42 Å². The van der Waals surface area contributed by atoms with Crippen molar-refractivity contribution < 1.29 is 13.2 Å². The van der Waals surface area contributed by atoms with Gasteiger partial charge in [0.15, 0.2) is 0 Å². The number of nitrogens with one attached hydrogen (secondary N) is 2. The Morgan fingerprint density at radius 3 is 2.35 bits per heavy atom. The van der Waals surface area contributed by atoms with Crippen LogP contribution in [0.4, 0.5) is 5.69 Å². The van der Waals surface area contributed by atoms with Crippen LogP contribution in [0.15, 0.2) is 23.1 Å².